The highest BCUT2D eigenvalue weighted by Gasteiger charge is 2.20. The molecule has 18 heavy (non-hydrogen) atoms. The van der Waals surface area contributed by atoms with E-state index in [0.29, 0.717) is 5.92 Å². The lowest BCUT2D eigenvalue weighted by molar-refractivity contribution is 0.139. The third-order valence-electron chi connectivity index (χ3n) is 3.54. The van der Waals surface area contributed by atoms with E-state index in [9.17, 15) is 0 Å². The van der Waals surface area contributed by atoms with Gasteiger partial charge in [0.15, 0.2) is 0 Å². The molecule has 1 aromatic rings. The Kier molecular flexibility index (Phi) is 5.34. The van der Waals surface area contributed by atoms with Crippen LogP contribution in [0.5, 0.6) is 0 Å². The second-order valence-corrected chi connectivity index (χ2v) is 5.79. The molecule has 1 aliphatic rings. The van der Waals surface area contributed by atoms with Crippen LogP contribution in [-0.4, -0.2) is 26.8 Å². The van der Waals surface area contributed by atoms with Gasteiger partial charge in [0.1, 0.15) is 0 Å². The van der Waals surface area contributed by atoms with Crippen molar-refractivity contribution in [1.82, 2.24) is 0 Å². The van der Waals surface area contributed by atoms with Gasteiger partial charge in [0.05, 0.1) is 0 Å². The molecule has 2 nitrogen and oxygen atoms in total. The zero-order valence-corrected chi connectivity index (χ0v) is 13.0. The molecule has 1 heterocycles. The van der Waals surface area contributed by atoms with Gasteiger partial charge in [-0.15, -0.1) is 0 Å². The number of nitrogens with zero attached hydrogens (tertiary/aromatic N) is 1. The molecule has 100 valence electrons. The van der Waals surface area contributed by atoms with Gasteiger partial charge in [-0.1, -0.05) is 27.5 Å². The van der Waals surface area contributed by atoms with Crippen molar-refractivity contribution in [2.75, 3.05) is 31.7 Å². The molecule has 0 aromatic heterocycles. The molecule has 0 N–H and O–H groups in total. The summed E-state index contributed by atoms with van der Waals surface area (Å²) in [5.41, 5.74) is 2.58. The molecule has 0 bridgehead atoms. The molecule has 2 rings (SSSR count). The predicted molar refractivity (Wildman–Crippen MR) is 80.9 cm³/mol. The monoisotopic (exact) mass is 331 g/mol. The Labute approximate surface area is 122 Å². The van der Waals surface area contributed by atoms with Gasteiger partial charge in [0.2, 0.25) is 0 Å². The number of rotatable bonds is 4. The molecular formula is C14H19BrClNO. The Hall–Kier alpha value is -0.250. The lowest BCUT2D eigenvalue weighted by atomic mass is 9.97. The van der Waals surface area contributed by atoms with Gasteiger partial charge in [0.25, 0.3) is 0 Å². The number of hydrogen-bond acceptors (Lipinski definition) is 2. The smallest absolute Gasteiger partial charge is 0.0491 e. The molecule has 1 aliphatic heterocycles. The third-order valence-corrected chi connectivity index (χ3v) is 4.38. The SMILES string of the molecule is COCC1CCN(c2ccc(Cl)cc2CBr)CC1. The number of hydrogen-bond donors (Lipinski definition) is 0. The van der Waals surface area contributed by atoms with Gasteiger partial charge in [-0.3, -0.25) is 0 Å². The van der Waals surface area contributed by atoms with Crippen molar-refractivity contribution in [3.8, 4) is 0 Å². The van der Waals surface area contributed by atoms with Crippen molar-refractivity contribution in [2.24, 2.45) is 5.92 Å². The summed E-state index contributed by atoms with van der Waals surface area (Å²) in [6, 6.07) is 6.16. The van der Waals surface area contributed by atoms with Crippen molar-refractivity contribution < 1.29 is 4.74 Å². The summed E-state index contributed by atoms with van der Waals surface area (Å²) in [5, 5.41) is 1.66. The number of anilines is 1. The van der Waals surface area contributed by atoms with E-state index in [1.54, 1.807) is 7.11 Å². The van der Waals surface area contributed by atoms with Gasteiger partial charge in [-0.25, -0.2) is 0 Å². The Morgan fingerprint density at radius 1 is 1.39 bits per heavy atom. The first kappa shape index (κ1) is 14.2. The van der Waals surface area contributed by atoms with E-state index in [2.05, 4.69) is 26.9 Å². The second kappa shape index (κ2) is 6.78. The highest BCUT2D eigenvalue weighted by atomic mass is 79.9. The maximum absolute atomic E-state index is 6.04. The van der Waals surface area contributed by atoms with Crippen LogP contribution in [0.25, 0.3) is 0 Å². The summed E-state index contributed by atoms with van der Waals surface area (Å²) in [6.45, 7) is 3.10. The van der Waals surface area contributed by atoms with Crippen LogP contribution < -0.4 is 4.90 Å². The Morgan fingerprint density at radius 2 is 2.11 bits per heavy atom. The summed E-state index contributed by atoms with van der Waals surface area (Å²) in [7, 11) is 1.79. The number of piperidine rings is 1. The summed E-state index contributed by atoms with van der Waals surface area (Å²) in [6.07, 6.45) is 2.41. The molecule has 0 unspecified atom stereocenters. The van der Waals surface area contributed by atoms with Crippen molar-refractivity contribution in [2.45, 2.75) is 18.2 Å². The summed E-state index contributed by atoms with van der Waals surface area (Å²) < 4.78 is 5.24. The standard InChI is InChI=1S/C14H19BrClNO/c1-18-10-11-4-6-17(7-5-11)14-3-2-13(16)8-12(14)9-15/h2-3,8,11H,4-7,9-10H2,1H3. The molecule has 0 saturated carbocycles. The molecular weight excluding hydrogens is 314 g/mol. The fraction of sp³-hybridized carbons (Fsp3) is 0.571. The van der Waals surface area contributed by atoms with Crippen LogP contribution in [0.3, 0.4) is 0 Å². The van der Waals surface area contributed by atoms with E-state index in [1.807, 2.05) is 12.1 Å². The molecule has 1 aromatic carbocycles. The number of halogens is 2. The minimum Gasteiger partial charge on any atom is -0.384 e. The number of alkyl halides is 1. The normalized spacial score (nSPS) is 17.2. The van der Waals surface area contributed by atoms with Gasteiger partial charge in [-0.05, 0) is 42.5 Å². The van der Waals surface area contributed by atoms with Crippen LogP contribution in [0.1, 0.15) is 18.4 Å². The zero-order chi connectivity index (χ0) is 13.0. The number of ether oxygens (including phenoxy) is 1. The number of methoxy groups -OCH3 is 1. The Balaban J connectivity index is 2.05. The topological polar surface area (TPSA) is 12.5 Å². The van der Waals surface area contributed by atoms with Crippen LogP contribution in [0.4, 0.5) is 5.69 Å². The fourth-order valence-electron chi connectivity index (χ4n) is 2.55. The summed E-state index contributed by atoms with van der Waals surface area (Å²) in [4.78, 5) is 2.46. The summed E-state index contributed by atoms with van der Waals surface area (Å²) in [5.74, 6) is 0.714. The Bertz CT molecular complexity index is 391. The van der Waals surface area contributed by atoms with E-state index in [0.717, 1.165) is 30.0 Å². The lowest BCUT2D eigenvalue weighted by Gasteiger charge is -2.34. The molecule has 1 fully saturated rings. The average Bonchev–Trinajstić information content (AvgIpc) is 2.40. The lowest BCUT2D eigenvalue weighted by Crippen LogP contribution is -2.35. The van der Waals surface area contributed by atoms with Gasteiger partial charge in [0, 0.05) is 42.8 Å². The molecule has 0 amide bonds. The number of benzene rings is 1. The zero-order valence-electron chi connectivity index (χ0n) is 10.7. The highest BCUT2D eigenvalue weighted by Crippen LogP contribution is 2.29. The van der Waals surface area contributed by atoms with Gasteiger partial charge < -0.3 is 9.64 Å². The quantitative estimate of drug-likeness (QED) is 0.770. The molecule has 0 spiro atoms. The first-order chi connectivity index (χ1) is 8.74. The van der Waals surface area contributed by atoms with Crippen LogP contribution in [0.15, 0.2) is 18.2 Å². The van der Waals surface area contributed by atoms with E-state index in [1.165, 1.54) is 24.1 Å². The molecule has 1 saturated heterocycles. The fourth-order valence-corrected chi connectivity index (χ4v) is 3.19. The summed E-state index contributed by atoms with van der Waals surface area (Å²) >= 11 is 9.58. The van der Waals surface area contributed by atoms with Crippen molar-refractivity contribution in [3.05, 3.63) is 28.8 Å². The maximum atomic E-state index is 6.04. The highest BCUT2D eigenvalue weighted by molar-refractivity contribution is 9.08. The van der Waals surface area contributed by atoms with Gasteiger partial charge >= 0.3 is 0 Å². The van der Waals surface area contributed by atoms with Crippen LogP contribution in [0.2, 0.25) is 5.02 Å². The minimum atomic E-state index is 0.714. The largest absolute Gasteiger partial charge is 0.384 e. The third kappa shape index (κ3) is 3.40. The first-order valence-corrected chi connectivity index (χ1v) is 7.82. The average molecular weight is 333 g/mol. The van der Waals surface area contributed by atoms with E-state index < -0.39 is 0 Å². The van der Waals surface area contributed by atoms with Crippen LogP contribution >= 0.6 is 27.5 Å². The van der Waals surface area contributed by atoms with Crippen molar-refractivity contribution in [1.29, 1.82) is 0 Å². The maximum Gasteiger partial charge on any atom is 0.0491 e. The van der Waals surface area contributed by atoms with Gasteiger partial charge in [-0.2, -0.15) is 0 Å². The van der Waals surface area contributed by atoms with Crippen molar-refractivity contribution in [3.63, 3.8) is 0 Å². The molecule has 0 aliphatic carbocycles. The first-order valence-electron chi connectivity index (χ1n) is 6.33. The minimum absolute atomic E-state index is 0.714. The van der Waals surface area contributed by atoms with Crippen molar-refractivity contribution >= 4 is 33.2 Å². The Morgan fingerprint density at radius 3 is 2.72 bits per heavy atom. The predicted octanol–water partition coefficient (Wildman–Crippen LogP) is 4.10. The second-order valence-electron chi connectivity index (χ2n) is 4.79. The van der Waals surface area contributed by atoms with Crippen LogP contribution in [-0.2, 0) is 10.1 Å². The van der Waals surface area contributed by atoms with E-state index in [4.69, 9.17) is 16.3 Å². The van der Waals surface area contributed by atoms with E-state index >= 15 is 0 Å². The molecule has 0 atom stereocenters. The van der Waals surface area contributed by atoms with E-state index in [-0.39, 0.29) is 0 Å². The van der Waals surface area contributed by atoms with Crippen LogP contribution in [0, 0.1) is 5.92 Å². The molecule has 0 radical (unpaired) electrons. The molecule has 4 heteroatoms.